The Labute approximate surface area is 151 Å². The first-order chi connectivity index (χ1) is 11.9. The van der Waals surface area contributed by atoms with E-state index in [1.807, 2.05) is 6.92 Å². The largest absolute Gasteiger partial charge is 0.325 e. The molecule has 134 valence electrons. The van der Waals surface area contributed by atoms with E-state index in [4.69, 9.17) is 0 Å². The van der Waals surface area contributed by atoms with Gasteiger partial charge in [-0.05, 0) is 44.0 Å². The number of benzene rings is 1. The van der Waals surface area contributed by atoms with E-state index in [0.29, 0.717) is 11.6 Å². The Balaban J connectivity index is 1.58. The van der Waals surface area contributed by atoms with Crippen LogP contribution in [0.3, 0.4) is 0 Å². The number of nitrogens with one attached hydrogen (secondary N) is 1. The second-order valence-corrected chi connectivity index (χ2v) is 8.95. The summed E-state index contributed by atoms with van der Waals surface area (Å²) in [7, 11) is -3.24. The van der Waals surface area contributed by atoms with Gasteiger partial charge in [-0.15, -0.1) is 10.2 Å². The first kappa shape index (κ1) is 17.9. The maximum Gasteiger partial charge on any atom is 0.234 e. The first-order valence-electron chi connectivity index (χ1n) is 8.04. The van der Waals surface area contributed by atoms with Crippen molar-refractivity contribution in [2.24, 2.45) is 0 Å². The maximum absolute atomic E-state index is 12.1. The molecular formula is C16H20N4O3S2. The minimum Gasteiger partial charge on any atom is -0.325 e. The molecule has 1 saturated carbocycles. The fourth-order valence-electron chi connectivity index (χ4n) is 2.46. The molecule has 1 aliphatic rings. The molecule has 1 N–H and O–H groups in total. The molecule has 7 nitrogen and oxygen atoms in total. The third-order valence-electron chi connectivity index (χ3n) is 3.90. The van der Waals surface area contributed by atoms with Crippen molar-refractivity contribution in [2.75, 3.05) is 17.3 Å². The lowest BCUT2D eigenvalue weighted by atomic mass is 10.3. The number of nitrogens with zero attached hydrogens (tertiary/aromatic N) is 3. The molecule has 0 unspecified atom stereocenters. The van der Waals surface area contributed by atoms with Gasteiger partial charge in [-0.1, -0.05) is 11.8 Å². The molecule has 2 aromatic rings. The molecule has 0 radical (unpaired) electrons. The normalized spacial score (nSPS) is 14.5. The zero-order valence-electron chi connectivity index (χ0n) is 14.1. The Hall–Kier alpha value is -1.87. The molecule has 9 heteroatoms. The molecule has 1 aromatic carbocycles. The summed E-state index contributed by atoms with van der Waals surface area (Å²) in [5, 5.41) is 12.0. The van der Waals surface area contributed by atoms with Crippen molar-refractivity contribution in [1.29, 1.82) is 0 Å². The minimum atomic E-state index is -3.24. The first-order valence-corrected chi connectivity index (χ1v) is 10.9. The molecule has 1 aromatic heterocycles. The van der Waals surface area contributed by atoms with Crippen molar-refractivity contribution < 1.29 is 13.2 Å². The van der Waals surface area contributed by atoms with Gasteiger partial charge < -0.3 is 9.88 Å². The SMILES string of the molecule is CCn1c(SCC(=O)Nc2ccc(S(C)(=O)=O)cc2)nnc1C1CC1. The van der Waals surface area contributed by atoms with E-state index in [9.17, 15) is 13.2 Å². The van der Waals surface area contributed by atoms with Crippen molar-refractivity contribution in [1.82, 2.24) is 14.8 Å². The fourth-order valence-corrected chi connectivity index (χ4v) is 3.90. The molecule has 1 fully saturated rings. The highest BCUT2D eigenvalue weighted by molar-refractivity contribution is 7.99. The van der Waals surface area contributed by atoms with Gasteiger partial charge in [0, 0.05) is 24.4 Å². The lowest BCUT2D eigenvalue weighted by molar-refractivity contribution is -0.113. The van der Waals surface area contributed by atoms with Gasteiger partial charge in [0.2, 0.25) is 5.91 Å². The Bertz CT molecular complexity index is 871. The summed E-state index contributed by atoms with van der Waals surface area (Å²) >= 11 is 1.35. The standard InChI is InChI=1S/C16H20N4O3S2/c1-3-20-15(11-4-5-11)18-19-16(20)24-10-14(21)17-12-6-8-13(9-7-12)25(2,22)23/h6-9,11H,3-5,10H2,1-2H3,(H,17,21). The number of amides is 1. The van der Waals surface area contributed by atoms with Gasteiger partial charge in [0.1, 0.15) is 5.82 Å². The number of carbonyl (C=O) groups excluding carboxylic acids is 1. The van der Waals surface area contributed by atoms with E-state index in [-0.39, 0.29) is 16.6 Å². The van der Waals surface area contributed by atoms with Gasteiger partial charge in [-0.25, -0.2) is 8.42 Å². The van der Waals surface area contributed by atoms with Crippen LogP contribution in [0.5, 0.6) is 0 Å². The Morgan fingerprint density at radius 2 is 1.96 bits per heavy atom. The van der Waals surface area contributed by atoms with Crippen LogP contribution < -0.4 is 5.32 Å². The topological polar surface area (TPSA) is 94.0 Å². The Morgan fingerprint density at radius 3 is 2.52 bits per heavy atom. The summed E-state index contributed by atoms with van der Waals surface area (Å²) in [6, 6.07) is 6.12. The van der Waals surface area contributed by atoms with E-state index in [1.165, 1.54) is 23.9 Å². The summed E-state index contributed by atoms with van der Waals surface area (Å²) in [6.45, 7) is 2.83. The highest BCUT2D eigenvalue weighted by Gasteiger charge is 2.30. The quantitative estimate of drug-likeness (QED) is 0.741. The predicted molar refractivity (Wildman–Crippen MR) is 96.6 cm³/mol. The van der Waals surface area contributed by atoms with Crippen LogP contribution in [0.2, 0.25) is 0 Å². The highest BCUT2D eigenvalue weighted by atomic mass is 32.2. The predicted octanol–water partition coefficient (Wildman–Crippen LogP) is 2.31. The summed E-state index contributed by atoms with van der Waals surface area (Å²) < 4.78 is 24.9. The average molecular weight is 380 g/mol. The van der Waals surface area contributed by atoms with Gasteiger partial charge in [0.15, 0.2) is 15.0 Å². The molecular weight excluding hydrogens is 360 g/mol. The van der Waals surface area contributed by atoms with Crippen molar-refractivity contribution in [2.45, 2.75) is 42.3 Å². The number of anilines is 1. The van der Waals surface area contributed by atoms with Crippen molar-refractivity contribution in [3.63, 3.8) is 0 Å². The van der Waals surface area contributed by atoms with Crippen molar-refractivity contribution in [3.8, 4) is 0 Å². The molecule has 25 heavy (non-hydrogen) atoms. The average Bonchev–Trinajstić information content (AvgIpc) is 3.32. The minimum absolute atomic E-state index is 0.171. The zero-order valence-corrected chi connectivity index (χ0v) is 15.7. The van der Waals surface area contributed by atoms with Gasteiger partial charge in [0.25, 0.3) is 0 Å². The van der Waals surface area contributed by atoms with Crippen LogP contribution in [-0.4, -0.2) is 41.1 Å². The summed E-state index contributed by atoms with van der Waals surface area (Å²) in [5.74, 6) is 1.58. The van der Waals surface area contributed by atoms with Crippen LogP contribution >= 0.6 is 11.8 Å². The number of carbonyl (C=O) groups is 1. The fraction of sp³-hybridized carbons (Fsp3) is 0.438. The molecule has 0 spiro atoms. The van der Waals surface area contributed by atoms with Crippen molar-refractivity contribution in [3.05, 3.63) is 30.1 Å². The van der Waals surface area contributed by atoms with Crippen LogP contribution in [0.25, 0.3) is 0 Å². The van der Waals surface area contributed by atoms with E-state index in [1.54, 1.807) is 12.1 Å². The number of sulfone groups is 1. The Morgan fingerprint density at radius 1 is 1.28 bits per heavy atom. The van der Waals surface area contributed by atoms with E-state index in [2.05, 4.69) is 20.1 Å². The number of rotatable bonds is 7. The monoisotopic (exact) mass is 380 g/mol. The van der Waals surface area contributed by atoms with Crippen LogP contribution in [0.1, 0.15) is 31.5 Å². The zero-order chi connectivity index (χ0) is 18.0. The van der Waals surface area contributed by atoms with Gasteiger partial charge in [-0.2, -0.15) is 0 Å². The molecule has 1 heterocycles. The maximum atomic E-state index is 12.1. The summed E-state index contributed by atoms with van der Waals surface area (Å²) in [4.78, 5) is 12.3. The molecule has 0 saturated heterocycles. The lowest BCUT2D eigenvalue weighted by Crippen LogP contribution is -2.14. The van der Waals surface area contributed by atoms with E-state index >= 15 is 0 Å². The van der Waals surface area contributed by atoms with Crippen LogP contribution in [-0.2, 0) is 21.2 Å². The summed E-state index contributed by atoms with van der Waals surface area (Å²) in [5.41, 5.74) is 0.564. The molecule has 1 aliphatic carbocycles. The van der Waals surface area contributed by atoms with Crippen LogP contribution in [0, 0.1) is 0 Å². The third-order valence-corrected chi connectivity index (χ3v) is 6.00. The van der Waals surface area contributed by atoms with Crippen LogP contribution in [0.4, 0.5) is 5.69 Å². The molecule has 0 aliphatic heterocycles. The smallest absolute Gasteiger partial charge is 0.234 e. The van der Waals surface area contributed by atoms with E-state index in [0.717, 1.165) is 36.6 Å². The van der Waals surface area contributed by atoms with Crippen LogP contribution in [0.15, 0.2) is 34.3 Å². The lowest BCUT2D eigenvalue weighted by Gasteiger charge is -2.07. The van der Waals surface area contributed by atoms with E-state index < -0.39 is 9.84 Å². The molecule has 1 amide bonds. The summed E-state index contributed by atoms with van der Waals surface area (Å²) in [6.07, 6.45) is 3.47. The molecule has 3 rings (SSSR count). The molecule has 0 bridgehead atoms. The van der Waals surface area contributed by atoms with Gasteiger partial charge in [-0.3, -0.25) is 4.79 Å². The molecule has 0 atom stereocenters. The number of thioether (sulfide) groups is 1. The van der Waals surface area contributed by atoms with Gasteiger partial charge in [0.05, 0.1) is 10.6 Å². The third kappa shape index (κ3) is 4.40. The Kier molecular flexibility index (Phi) is 5.14. The second-order valence-electron chi connectivity index (χ2n) is 5.99. The number of aromatic nitrogens is 3. The second kappa shape index (κ2) is 7.17. The van der Waals surface area contributed by atoms with Gasteiger partial charge >= 0.3 is 0 Å². The number of hydrogen-bond donors (Lipinski definition) is 1. The number of hydrogen-bond acceptors (Lipinski definition) is 6. The highest BCUT2D eigenvalue weighted by Crippen LogP contribution is 2.39. The van der Waals surface area contributed by atoms with Crippen molar-refractivity contribution >= 4 is 33.2 Å².